The minimum atomic E-state index is -0.0221. The van der Waals surface area contributed by atoms with E-state index in [1.54, 1.807) is 25.3 Å². The van der Waals surface area contributed by atoms with Crippen molar-refractivity contribution in [2.24, 2.45) is 5.92 Å². The van der Waals surface area contributed by atoms with Crippen LogP contribution in [-0.2, 0) is 4.79 Å². The number of hydrogen-bond donors (Lipinski definition) is 2. The van der Waals surface area contributed by atoms with Gasteiger partial charge in [-0.2, -0.15) is 0 Å². The van der Waals surface area contributed by atoms with Gasteiger partial charge in [0, 0.05) is 11.6 Å². The van der Waals surface area contributed by atoms with Crippen molar-refractivity contribution in [3.05, 3.63) is 18.2 Å². The second kappa shape index (κ2) is 5.39. The second-order valence-corrected chi connectivity index (χ2v) is 3.76. The first-order valence-corrected chi connectivity index (χ1v) is 5.32. The molecule has 0 bridgehead atoms. The average molecular weight is 222 g/mol. The molecule has 1 unspecified atom stereocenters. The van der Waals surface area contributed by atoms with E-state index in [0.717, 1.165) is 6.42 Å². The van der Waals surface area contributed by atoms with Crippen LogP contribution in [0, 0.1) is 5.92 Å². The standard InChI is InChI=1S/C12H18N2O2/c1-4-8(2)12(15)14-10-7-9(13)5-6-11(10)16-3/h5-8H,4,13H2,1-3H3,(H,14,15). The third-order valence-corrected chi connectivity index (χ3v) is 2.54. The summed E-state index contributed by atoms with van der Waals surface area (Å²) < 4.78 is 5.14. The van der Waals surface area contributed by atoms with Crippen LogP contribution in [0.25, 0.3) is 0 Å². The van der Waals surface area contributed by atoms with Gasteiger partial charge < -0.3 is 15.8 Å². The van der Waals surface area contributed by atoms with Gasteiger partial charge in [0.1, 0.15) is 5.75 Å². The second-order valence-electron chi connectivity index (χ2n) is 3.76. The summed E-state index contributed by atoms with van der Waals surface area (Å²) in [5, 5.41) is 2.81. The lowest BCUT2D eigenvalue weighted by Gasteiger charge is -2.13. The smallest absolute Gasteiger partial charge is 0.227 e. The molecule has 4 nitrogen and oxygen atoms in total. The van der Waals surface area contributed by atoms with E-state index in [4.69, 9.17) is 10.5 Å². The van der Waals surface area contributed by atoms with E-state index in [1.165, 1.54) is 0 Å². The van der Waals surface area contributed by atoms with Gasteiger partial charge in [0.05, 0.1) is 12.8 Å². The van der Waals surface area contributed by atoms with Gasteiger partial charge in [-0.15, -0.1) is 0 Å². The predicted octanol–water partition coefficient (Wildman–Crippen LogP) is 2.26. The summed E-state index contributed by atoms with van der Waals surface area (Å²) in [5.74, 6) is 0.573. The molecule has 88 valence electrons. The van der Waals surface area contributed by atoms with Crippen molar-refractivity contribution in [2.45, 2.75) is 20.3 Å². The van der Waals surface area contributed by atoms with E-state index in [9.17, 15) is 4.79 Å². The quantitative estimate of drug-likeness (QED) is 0.768. The number of methoxy groups -OCH3 is 1. The molecule has 1 atom stereocenters. The normalized spacial score (nSPS) is 11.9. The SMILES string of the molecule is CCC(C)C(=O)Nc1cc(N)ccc1OC. The fraction of sp³-hybridized carbons (Fsp3) is 0.417. The van der Waals surface area contributed by atoms with Crippen molar-refractivity contribution in [2.75, 3.05) is 18.2 Å². The molecule has 4 heteroatoms. The van der Waals surface area contributed by atoms with Crippen molar-refractivity contribution in [1.29, 1.82) is 0 Å². The van der Waals surface area contributed by atoms with E-state index in [1.807, 2.05) is 13.8 Å². The Morgan fingerprint density at radius 2 is 2.25 bits per heavy atom. The molecule has 0 aliphatic rings. The number of rotatable bonds is 4. The Kier molecular flexibility index (Phi) is 4.17. The molecule has 0 aromatic heterocycles. The molecule has 0 saturated heterocycles. The average Bonchev–Trinajstić information content (AvgIpc) is 2.28. The summed E-state index contributed by atoms with van der Waals surface area (Å²) in [6.07, 6.45) is 0.802. The number of carbonyl (C=O) groups excluding carboxylic acids is 1. The van der Waals surface area contributed by atoms with Gasteiger partial charge in [0.25, 0.3) is 0 Å². The lowest BCUT2D eigenvalue weighted by atomic mass is 10.1. The number of ether oxygens (including phenoxy) is 1. The molecule has 0 radical (unpaired) electrons. The molecule has 1 aromatic rings. The Labute approximate surface area is 95.8 Å². The summed E-state index contributed by atoms with van der Waals surface area (Å²) in [6, 6.07) is 5.17. The fourth-order valence-electron chi connectivity index (χ4n) is 1.26. The first-order valence-electron chi connectivity index (χ1n) is 5.32. The number of anilines is 2. The van der Waals surface area contributed by atoms with Gasteiger partial charge >= 0.3 is 0 Å². The van der Waals surface area contributed by atoms with Crippen molar-refractivity contribution < 1.29 is 9.53 Å². The van der Waals surface area contributed by atoms with Crippen LogP contribution in [-0.4, -0.2) is 13.0 Å². The van der Waals surface area contributed by atoms with Crippen LogP contribution in [0.1, 0.15) is 20.3 Å². The van der Waals surface area contributed by atoms with Gasteiger partial charge in [-0.25, -0.2) is 0 Å². The highest BCUT2D eigenvalue weighted by Gasteiger charge is 2.13. The Bertz CT molecular complexity index is 377. The van der Waals surface area contributed by atoms with Gasteiger partial charge in [0.15, 0.2) is 0 Å². The third-order valence-electron chi connectivity index (χ3n) is 2.54. The van der Waals surface area contributed by atoms with Crippen molar-refractivity contribution >= 4 is 17.3 Å². The van der Waals surface area contributed by atoms with Crippen LogP contribution >= 0.6 is 0 Å². The van der Waals surface area contributed by atoms with Crippen molar-refractivity contribution in [1.82, 2.24) is 0 Å². The zero-order chi connectivity index (χ0) is 12.1. The molecule has 1 rings (SSSR count). The molecule has 3 N–H and O–H groups in total. The molecule has 16 heavy (non-hydrogen) atoms. The van der Waals surface area contributed by atoms with E-state index in [-0.39, 0.29) is 11.8 Å². The fourth-order valence-corrected chi connectivity index (χ4v) is 1.26. The van der Waals surface area contributed by atoms with Gasteiger partial charge in [-0.3, -0.25) is 4.79 Å². The highest BCUT2D eigenvalue weighted by Crippen LogP contribution is 2.27. The van der Waals surface area contributed by atoms with Crippen LogP contribution in [0.5, 0.6) is 5.75 Å². The number of nitrogens with one attached hydrogen (secondary N) is 1. The molecule has 1 aromatic carbocycles. The number of amides is 1. The van der Waals surface area contributed by atoms with Crippen LogP contribution in [0.3, 0.4) is 0 Å². The lowest BCUT2D eigenvalue weighted by Crippen LogP contribution is -2.20. The summed E-state index contributed by atoms with van der Waals surface area (Å²) in [6.45, 7) is 3.86. The van der Waals surface area contributed by atoms with Gasteiger partial charge in [-0.05, 0) is 24.6 Å². The van der Waals surface area contributed by atoms with E-state index in [2.05, 4.69) is 5.32 Å². The van der Waals surface area contributed by atoms with Crippen LogP contribution in [0.15, 0.2) is 18.2 Å². The Morgan fingerprint density at radius 1 is 1.56 bits per heavy atom. The van der Waals surface area contributed by atoms with Gasteiger partial charge in [0.2, 0.25) is 5.91 Å². The molecule has 0 aliphatic heterocycles. The van der Waals surface area contributed by atoms with E-state index < -0.39 is 0 Å². The zero-order valence-electron chi connectivity index (χ0n) is 9.91. The summed E-state index contributed by atoms with van der Waals surface area (Å²) in [7, 11) is 1.56. The minimum Gasteiger partial charge on any atom is -0.495 e. The molecule has 0 fully saturated rings. The van der Waals surface area contributed by atoms with Crippen LogP contribution in [0.4, 0.5) is 11.4 Å². The minimum absolute atomic E-state index is 0.0219. The van der Waals surface area contributed by atoms with E-state index >= 15 is 0 Å². The summed E-state index contributed by atoms with van der Waals surface area (Å²) in [4.78, 5) is 11.7. The van der Waals surface area contributed by atoms with Crippen LogP contribution in [0.2, 0.25) is 0 Å². The molecule has 0 saturated carbocycles. The molecular formula is C12H18N2O2. The zero-order valence-corrected chi connectivity index (χ0v) is 9.91. The molecule has 0 heterocycles. The van der Waals surface area contributed by atoms with Crippen molar-refractivity contribution in [3.63, 3.8) is 0 Å². The summed E-state index contributed by atoms with van der Waals surface area (Å²) in [5.41, 5.74) is 6.88. The van der Waals surface area contributed by atoms with Crippen molar-refractivity contribution in [3.8, 4) is 5.75 Å². The first-order chi connectivity index (χ1) is 7.58. The van der Waals surface area contributed by atoms with Gasteiger partial charge in [-0.1, -0.05) is 13.8 Å². The number of hydrogen-bond acceptors (Lipinski definition) is 3. The molecule has 0 spiro atoms. The van der Waals surface area contributed by atoms with Crippen LogP contribution < -0.4 is 15.8 Å². The molecule has 0 aliphatic carbocycles. The maximum atomic E-state index is 11.7. The predicted molar refractivity (Wildman–Crippen MR) is 65.5 cm³/mol. The Hall–Kier alpha value is -1.71. The maximum absolute atomic E-state index is 11.7. The maximum Gasteiger partial charge on any atom is 0.227 e. The summed E-state index contributed by atoms with van der Waals surface area (Å²) >= 11 is 0. The van der Waals surface area contributed by atoms with E-state index in [0.29, 0.717) is 17.1 Å². The Morgan fingerprint density at radius 3 is 2.81 bits per heavy atom. The Balaban J connectivity index is 2.87. The number of carbonyl (C=O) groups is 1. The topological polar surface area (TPSA) is 64.4 Å². The third kappa shape index (κ3) is 2.89. The largest absolute Gasteiger partial charge is 0.495 e. The number of benzene rings is 1. The lowest BCUT2D eigenvalue weighted by molar-refractivity contribution is -0.119. The molecule has 1 amide bonds. The molecular weight excluding hydrogens is 204 g/mol. The number of nitrogens with two attached hydrogens (primary N) is 1. The highest BCUT2D eigenvalue weighted by molar-refractivity contribution is 5.94. The first kappa shape index (κ1) is 12.4. The number of nitrogen functional groups attached to an aromatic ring is 1. The monoisotopic (exact) mass is 222 g/mol. The highest BCUT2D eigenvalue weighted by atomic mass is 16.5.